The van der Waals surface area contributed by atoms with Crippen molar-refractivity contribution in [3.8, 4) is 22.5 Å². The van der Waals surface area contributed by atoms with E-state index in [0.717, 1.165) is 24.5 Å². The summed E-state index contributed by atoms with van der Waals surface area (Å²) in [4.78, 5) is 0. The van der Waals surface area contributed by atoms with Gasteiger partial charge < -0.3 is 0 Å². The van der Waals surface area contributed by atoms with Gasteiger partial charge in [0.05, 0.1) is 14.1 Å². The first-order valence-electron chi connectivity index (χ1n) is 15.7. The number of para-hydroxylation sites is 4. The Morgan fingerprint density at radius 2 is 0.804 bits per heavy atom. The molecule has 8 rings (SSSR count). The van der Waals surface area contributed by atoms with Crippen molar-refractivity contribution < 1.29 is 18.3 Å². The number of hydrogen-bond donors (Lipinski definition) is 0. The van der Waals surface area contributed by atoms with Gasteiger partial charge in [-0.2, -0.15) is 9.13 Å². The van der Waals surface area contributed by atoms with E-state index in [1.807, 2.05) is 0 Å². The zero-order chi connectivity index (χ0) is 31.0. The molecular weight excluding hydrogens is 564 g/mol. The fraction of sp³-hybridized carbons (Fsp3) is 0.100. The van der Waals surface area contributed by atoms with E-state index in [1.165, 1.54) is 44.3 Å². The number of nitrogens with zero attached hydrogens (tertiary/aromatic N) is 6. The molecule has 6 nitrogen and oxygen atoms in total. The minimum atomic E-state index is 0.841. The summed E-state index contributed by atoms with van der Waals surface area (Å²) in [7, 11) is 4.20. The molecular formula is C40H36N6+4. The van der Waals surface area contributed by atoms with Crippen LogP contribution in [0.2, 0.25) is 0 Å². The average Bonchev–Trinajstić information content (AvgIpc) is 3.60. The van der Waals surface area contributed by atoms with Crippen molar-refractivity contribution in [3.63, 3.8) is 0 Å². The van der Waals surface area contributed by atoms with E-state index in [9.17, 15) is 0 Å². The van der Waals surface area contributed by atoms with E-state index in [-0.39, 0.29) is 0 Å². The lowest BCUT2D eigenvalue weighted by Crippen LogP contribution is -2.29. The van der Waals surface area contributed by atoms with Crippen LogP contribution in [0.4, 0.5) is 0 Å². The van der Waals surface area contributed by atoms with Crippen LogP contribution in [0.15, 0.2) is 159 Å². The van der Waals surface area contributed by atoms with Gasteiger partial charge in [0.25, 0.3) is 0 Å². The molecule has 4 heterocycles. The van der Waals surface area contributed by atoms with Gasteiger partial charge in [0.1, 0.15) is 13.1 Å². The first kappa shape index (κ1) is 27.7. The van der Waals surface area contributed by atoms with Crippen molar-refractivity contribution in [2.75, 3.05) is 0 Å². The highest BCUT2D eigenvalue weighted by Gasteiger charge is 2.15. The molecule has 0 unspecified atom stereocenters. The van der Waals surface area contributed by atoms with Gasteiger partial charge in [-0.3, -0.25) is 0 Å². The number of pyridine rings is 2. The monoisotopic (exact) mass is 600 g/mol. The molecule has 0 saturated carbocycles. The van der Waals surface area contributed by atoms with Gasteiger partial charge in [0.2, 0.25) is 24.0 Å². The summed E-state index contributed by atoms with van der Waals surface area (Å²) in [6.07, 6.45) is 12.9. The lowest BCUT2D eigenvalue weighted by molar-refractivity contribution is -0.645. The highest BCUT2D eigenvalue weighted by atomic mass is 15.1. The third kappa shape index (κ3) is 5.24. The maximum Gasteiger partial charge on any atom is 0.244 e. The van der Waals surface area contributed by atoms with Crippen LogP contribution in [0.5, 0.6) is 0 Å². The Bertz CT molecular complexity index is 2130. The Balaban J connectivity index is 0.934. The summed E-state index contributed by atoms with van der Waals surface area (Å²) < 4.78 is 13.3. The van der Waals surface area contributed by atoms with E-state index < -0.39 is 0 Å². The number of benzene rings is 4. The smallest absolute Gasteiger partial charge is 0.233 e. The summed E-state index contributed by atoms with van der Waals surface area (Å²) in [5.74, 6) is 0. The summed E-state index contributed by atoms with van der Waals surface area (Å²) in [6.45, 7) is 1.68. The number of aromatic nitrogens is 6. The van der Waals surface area contributed by atoms with E-state index in [4.69, 9.17) is 0 Å². The predicted molar refractivity (Wildman–Crippen MR) is 179 cm³/mol. The molecule has 4 aromatic carbocycles. The molecule has 0 spiro atoms. The first-order valence-corrected chi connectivity index (χ1v) is 15.7. The lowest BCUT2D eigenvalue weighted by Gasteiger charge is -2.03. The molecule has 0 radical (unpaired) electrons. The summed E-state index contributed by atoms with van der Waals surface area (Å²) in [6, 6.07) is 43.4. The predicted octanol–water partition coefficient (Wildman–Crippen LogP) is 5.56. The lowest BCUT2D eigenvalue weighted by atomic mass is 10.1. The Kier molecular flexibility index (Phi) is 6.95. The van der Waals surface area contributed by atoms with Crippen LogP contribution >= 0.6 is 0 Å². The zero-order valence-corrected chi connectivity index (χ0v) is 26.1. The molecule has 46 heavy (non-hydrogen) atoms. The second-order valence-corrected chi connectivity index (χ2v) is 12.0. The quantitative estimate of drug-likeness (QED) is 0.214. The molecule has 0 aliphatic heterocycles. The Morgan fingerprint density at radius 1 is 0.435 bits per heavy atom. The maximum absolute atomic E-state index is 2.30. The standard InChI is InChI=1S/C40H36N6/c1-41-29-45(39-9-5-3-7-37(39)41)27-31-11-15-35(16-12-31)43-23-19-33(20-24-43)34-21-25-44(26-22-34)36-17-13-32(14-18-36)28-46-30-42(2)38-8-4-6-10-40(38)46/h3-26,29-30H,27-28H2,1-2H3/q+4. The van der Waals surface area contributed by atoms with Crippen LogP contribution in [0.3, 0.4) is 0 Å². The number of fused-ring (bicyclic) bond motifs is 2. The van der Waals surface area contributed by atoms with Crippen molar-refractivity contribution in [2.45, 2.75) is 13.1 Å². The van der Waals surface area contributed by atoms with Crippen molar-refractivity contribution in [2.24, 2.45) is 14.1 Å². The van der Waals surface area contributed by atoms with Gasteiger partial charge in [0.15, 0.2) is 46.9 Å². The summed E-state index contributed by atoms with van der Waals surface area (Å²) in [5, 5.41) is 0. The normalized spacial score (nSPS) is 11.4. The van der Waals surface area contributed by atoms with Gasteiger partial charge in [0, 0.05) is 48.5 Å². The average molecular weight is 601 g/mol. The van der Waals surface area contributed by atoms with Crippen LogP contribution in [-0.4, -0.2) is 9.13 Å². The van der Waals surface area contributed by atoms with Crippen LogP contribution in [0, 0.1) is 0 Å². The molecule has 0 aliphatic carbocycles. The second kappa shape index (κ2) is 11.6. The Labute approximate surface area is 268 Å². The van der Waals surface area contributed by atoms with Crippen molar-refractivity contribution in [1.29, 1.82) is 0 Å². The molecule has 0 atom stereocenters. The SMILES string of the molecule is C[n+]1cn(Cc2ccc(-[n+]3ccc(-c4cc[n+](-c5ccc(Cn6c[n+](C)c7ccccc76)cc5)cc4)cc3)cc2)c2ccccc21. The molecule has 0 N–H and O–H groups in total. The van der Waals surface area contributed by atoms with E-state index >= 15 is 0 Å². The fourth-order valence-corrected chi connectivity index (χ4v) is 6.45. The van der Waals surface area contributed by atoms with E-state index in [1.54, 1.807) is 0 Å². The maximum atomic E-state index is 2.30. The molecule has 4 aromatic heterocycles. The summed E-state index contributed by atoms with van der Waals surface area (Å²) >= 11 is 0. The zero-order valence-electron chi connectivity index (χ0n) is 26.1. The number of imidazole rings is 2. The highest BCUT2D eigenvalue weighted by Crippen LogP contribution is 2.18. The van der Waals surface area contributed by atoms with Crippen LogP contribution in [-0.2, 0) is 27.2 Å². The molecule has 0 amide bonds. The van der Waals surface area contributed by atoms with E-state index in [0.29, 0.717) is 0 Å². The number of hydrogen-bond acceptors (Lipinski definition) is 0. The minimum Gasteiger partial charge on any atom is -0.233 e. The van der Waals surface area contributed by atoms with Gasteiger partial charge in [-0.15, -0.1) is 0 Å². The minimum absolute atomic E-state index is 0.841. The summed E-state index contributed by atoms with van der Waals surface area (Å²) in [5.41, 5.74) is 12.2. The highest BCUT2D eigenvalue weighted by molar-refractivity contribution is 5.72. The van der Waals surface area contributed by atoms with Gasteiger partial charge in [-0.05, 0) is 70.8 Å². The number of aryl methyl sites for hydroxylation is 2. The third-order valence-electron chi connectivity index (χ3n) is 8.93. The topological polar surface area (TPSA) is 25.4 Å². The molecule has 0 aliphatic rings. The Hall–Kier alpha value is -5.88. The molecule has 6 heteroatoms. The van der Waals surface area contributed by atoms with Crippen molar-refractivity contribution in [1.82, 2.24) is 9.13 Å². The van der Waals surface area contributed by atoms with Gasteiger partial charge in [-0.1, -0.05) is 24.3 Å². The fourth-order valence-electron chi connectivity index (χ4n) is 6.45. The largest absolute Gasteiger partial charge is 0.244 e. The number of rotatable bonds is 7. The molecule has 222 valence electrons. The van der Waals surface area contributed by atoms with E-state index in [2.05, 4.69) is 200 Å². The van der Waals surface area contributed by atoms with Crippen molar-refractivity contribution in [3.05, 3.63) is 170 Å². The van der Waals surface area contributed by atoms with Gasteiger partial charge >= 0.3 is 0 Å². The molecule has 0 saturated heterocycles. The Morgan fingerprint density at radius 3 is 1.20 bits per heavy atom. The third-order valence-corrected chi connectivity index (χ3v) is 8.93. The van der Waals surface area contributed by atoms with Crippen LogP contribution in [0.25, 0.3) is 44.6 Å². The van der Waals surface area contributed by atoms with Crippen molar-refractivity contribution >= 4 is 22.1 Å². The van der Waals surface area contributed by atoms with Crippen LogP contribution in [0.1, 0.15) is 11.1 Å². The molecule has 0 fully saturated rings. The second-order valence-electron chi connectivity index (χ2n) is 12.0. The first-order chi connectivity index (χ1) is 22.6. The van der Waals surface area contributed by atoms with Gasteiger partial charge in [-0.25, -0.2) is 18.3 Å². The van der Waals surface area contributed by atoms with Crippen LogP contribution < -0.4 is 18.3 Å². The molecule has 0 bridgehead atoms. The molecule has 8 aromatic rings.